The second kappa shape index (κ2) is 8.12. The van der Waals surface area contributed by atoms with Crippen molar-refractivity contribution in [2.24, 2.45) is 0 Å². The highest BCUT2D eigenvalue weighted by Gasteiger charge is 2.26. The van der Waals surface area contributed by atoms with Gasteiger partial charge in [-0.2, -0.15) is 10.1 Å². The van der Waals surface area contributed by atoms with Gasteiger partial charge in [0, 0.05) is 20.3 Å². The van der Waals surface area contributed by atoms with E-state index in [4.69, 9.17) is 9.72 Å². The predicted molar refractivity (Wildman–Crippen MR) is 137 cm³/mol. The summed E-state index contributed by atoms with van der Waals surface area (Å²) < 4.78 is 7.91. The lowest BCUT2D eigenvalue weighted by Gasteiger charge is -2.35. The summed E-state index contributed by atoms with van der Waals surface area (Å²) in [5.41, 5.74) is 4.02. The number of benzene rings is 2. The number of aryl methyl sites for hydroxylation is 1. The number of likely N-dealkylation sites (N-methyl/N-ethyl adjacent to an activating group) is 2. The van der Waals surface area contributed by atoms with Gasteiger partial charge in [0.2, 0.25) is 5.95 Å². The van der Waals surface area contributed by atoms with Crippen LogP contribution < -0.4 is 20.1 Å². The van der Waals surface area contributed by atoms with Crippen LogP contribution in [0.3, 0.4) is 0 Å². The van der Waals surface area contributed by atoms with Crippen molar-refractivity contribution >= 4 is 33.6 Å². The highest BCUT2D eigenvalue weighted by molar-refractivity contribution is 6.02. The molecule has 5 aromatic rings. The fourth-order valence-corrected chi connectivity index (χ4v) is 4.71. The van der Waals surface area contributed by atoms with Gasteiger partial charge in [-0.3, -0.25) is 14.5 Å². The van der Waals surface area contributed by atoms with E-state index in [2.05, 4.69) is 46.2 Å². The molecule has 9 heteroatoms. The molecule has 0 amide bonds. The molecule has 0 radical (unpaired) electrons. The minimum Gasteiger partial charge on any atom is -0.485 e. The summed E-state index contributed by atoms with van der Waals surface area (Å²) in [5, 5.41) is 8.25. The summed E-state index contributed by atoms with van der Waals surface area (Å²) in [7, 11) is 4.02. The summed E-state index contributed by atoms with van der Waals surface area (Å²) in [5.74, 6) is 1.39. The highest BCUT2D eigenvalue weighted by Crippen LogP contribution is 2.33. The minimum atomic E-state index is -0.177. The Kier molecular flexibility index (Phi) is 4.91. The molecule has 35 heavy (non-hydrogen) atoms. The van der Waals surface area contributed by atoms with Gasteiger partial charge in [-0.1, -0.05) is 24.3 Å². The molecule has 1 unspecified atom stereocenters. The first-order valence-electron chi connectivity index (χ1n) is 11.5. The molecule has 0 saturated heterocycles. The summed E-state index contributed by atoms with van der Waals surface area (Å²) in [6.45, 7) is 3.42. The third kappa shape index (κ3) is 3.56. The molecule has 0 fully saturated rings. The Labute approximate surface area is 201 Å². The van der Waals surface area contributed by atoms with E-state index in [9.17, 15) is 4.79 Å². The highest BCUT2D eigenvalue weighted by atomic mass is 16.5. The summed E-state index contributed by atoms with van der Waals surface area (Å²) in [6.07, 6.45) is 3.23. The number of nitrogens with one attached hydrogen (secondary N) is 1. The zero-order valence-electron chi connectivity index (χ0n) is 19.8. The van der Waals surface area contributed by atoms with Crippen LogP contribution in [0, 0.1) is 6.92 Å². The van der Waals surface area contributed by atoms with Gasteiger partial charge in [-0.05, 0) is 36.8 Å². The SMILES string of the molecule is Cc1ccc2c(c1)N(C)CC(CN(C)c1ncc3c4[nH]ncc4c(=O)n(-c4ccccc4)c3n1)O2. The average Bonchev–Trinajstić information content (AvgIpc) is 3.36. The zero-order valence-corrected chi connectivity index (χ0v) is 19.8. The molecular formula is C26H25N7O2. The normalized spacial score (nSPS) is 15.3. The van der Waals surface area contributed by atoms with E-state index in [0.29, 0.717) is 29.0 Å². The first-order chi connectivity index (χ1) is 17.0. The lowest BCUT2D eigenvalue weighted by Crippen LogP contribution is -2.44. The monoisotopic (exact) mass is 467 g/mol. The molecule has 4 heterocycles. The number of ether oxygens (including phenoxy) is 1. The Morgan fingerprint density at radius 1 is 1.14 bits per heavy atom. The van der Waals surface area contributed by atoms with Crippen LogP contribution in [0.15, 0.2) is 65.7 Å². The molecule has 0 bridgehead atoms. The summed E-state index contributed by atoms with van der Waals surface area (Å²) in [4.78, 5) is 27.0. The Morgan fingerprint density at radius 2 is 1.97 bits per heavy atom. The number of hydrogen-bond donors (Lipinski definition) is 1. The van der Waals surface area contributed by atoms with Crippen molar-refractivity contribution in [1.29, 1.82) is 0 Å². The van der Waals surface area contributed by atoms with E-state index in [0.717, 1.165) is 29.1 Å². The van der Waals surface area contributed by atoms with Crippen molar-refractivity contribution in [3.63, 3.8) is 0 Å². The third-order valence-corrected chi connectivity index (χ3v) is 6.44. The topological polar surface area (TPSA) is 92.2 Å². The largest absolute Gasteiger partial charge is 0.485 e. The van der Waals surface area contributed by atoms with Crippen LogP contribution in [0.4, 0.5) is 11.6 Å². The van der Waals surface area contributed by atoms with Gasteiger partial charge in [0.25, 0.3) is 5.56 Å². The number of aromatic amines is 1. The van der Waals surface area contributed by atoms with Crippen LogP contribution in [0.5, 0.6) is 5.75 Å². The van der Waals surface area contributed by atoms with Gasteiger partial charge in [0.05, 0.1) is 47.0 Å². The number of anilines is 2. The van der Waals surface area contributed by atoms with Gasteiger partial charge >= 0.3 is 0 Å². The van der Waals surface area contributed by atoms with Gasteiger partial charge in [0.1, 0.15) is 11.9 Å². The molecule has 0 spiro atoms. The van der Waals surface area contributed by atoms with Crippen molar-refractivity contribution in [3.05, 3.63) is 76.8 Å². The number of aromatic nitrogens is 5. The van der Waals surface area contributed by atoms with E-state index in [-0.39, 0.29) is 11.7 Å². The molecule has 9 nitrogen and oxygen atoms in total. The van der Waals surface area contributed by atoms with Gasteiger partial charge in [-0.15, -0.1) is 0 Å². The van der Waals surface area contributed by atoms with E-state index in [1.807, 2.05) is 48.3 Å². The number of H-pyrrole nitrogens is 1. The first kappa shape index (κ1) is 21.2. The molecule has 6 rings (SSSR count). The van der Waals surface area contributed by atoms with Gasteiger partial charge in [0.15, 0.2) is 5.65 Å². The summed E-state index contributed by atoms with van der Waals surface area (Å²) in [6, 6.07) is 15.7. The lowest BCUT2D eigenvalue weighted by molar-refractivity contribution is 0.201. The maximum absolute atomic E-state index is 13.4. The molecule has 1 atom stereocenters. The quantitative estimate of drug-likeness (QED) is 0.434. The second-order valence-electron chi connectivity index (χ2n) is 9.01. The van der Waals surface area contributed by atoms with Crippen LogP contribution in [0.25, 0.3) is 27.6 Å². The van der Waals surface area contributed by atoms with Crippen molar-refractivity contribution in [2.45, 2.75) is 13.0 Å². The Balaban J connectivity index is 1.39. The molecule has 176 valence electrons. The summed E-state index contributed by atoms with van der Waals surface area (Å²) >= 11 is 0. The van der Waals surface area contributed by atoms with Crippen molar-refractivity contribution in [1.82, 2.24) is 24.7 Å². The number of rotatable bonds is 4. The van der Waals surface area contributed by atoms with Gasteiger partial charge in [-0.25, -0.2) is 4.98 Å². The maximum atomic E-state index is 13.4. The van der Waals surface area contributed by atoms with Crippen molar-refractivity contribution in [3.8, 4) is 11.4 Å². The van der Waals surface area contributed by atoms with Crippen molar-refractivity contribution < 1.29 is 4.74 Å². The van der Waals surface area contributed by atoms with Crippen molar-refractivity contribution in [2.75, 3.05) is 37.0 Å². The number of fused-ring (bicyclic) bond motifs is 4. The average molecular weight is 468 g/mol. The maximum Gasteiger partial charge on any atom is 0.267 e. The minimum absolute atomic E-state index is 0.0640. The van der Waals surface area contributed by atoms with Crippen LogP contribution in [-0.4, -0.2) is 58.0 Å². The predicted octanol–water partition coefficient (Wildman–Crippen LogP) is 3.30. The third-order valence-electron chi connectivity index (χ3n) is 6.44. The van der Waals surface area contributed by atoms with Crippen LogP contribution in [0.2, 0.25) is 0 Å². The molecule has 1 N–H and O–H groups in total. The standard InChI is InChI=1S/C26H25N7O2/c1-16-9-10-22-21(11-16)31(2)14-18(35-22)15-32(3)26-27-12-19-23-20(13-28-30-23)25(34)33(24(19)29-26)17-7-5-4-6-8-17/h4-13,18H,14-15H2,1-3H3,(H,28,30). The Bertz CT molecular complexity index is 1610. The van der Waals surface area contributed by atoms with Gasteiger partial charge < -0.3 is 14.5 Å². The number of para-hydroxylation sites is 1. The van der Waals surface area contributed by atoms with E-state index in [1.165, 1.54) is 5.56 Å². The number of hydrogen-bond acceptors (Lipinski definition) is 7. The zero-order chi connectivity index (χ0) is 24.1. The fraction of sp³-hybridized carbons (Fsp3) is 0.231. The fourth-order valence-electron chi connectivity index (χ4n) is 4.71. The lowest BCUT2D eigenvalue weighted by atomic mass is 10.1. The molecular weight excluding hydrogens is 442 g/mol. The van der Waals surface area contributed by atoms with Crippen LogP contribution in [0.1, 0.15) is 5.56 Å². The molecule has 0 saturated carbocycles. The Hall–Kier alpha value is -4.40. The second-order valence-corrected chi connectivity index (χ2v) is 9.01. The molecule has 3 aromatic heterocycles. The number of pyridine rings is 1. The molecule has 1 aliphatic rings. The van der Waals surface area contributed by atoms with Crippen LogP contribution in [-0.2, 0) is 0 Å². The van der Waals surface area contributed by atoms with E-state index in [1.54, 1.807) is 17.0 Å². The molecule has 0 aliphatic carbocycles. The number of nitrogens with zero attached hydrogens (tertiary/aromatic N) is 6. The van der Waals surface area contributed by atoms with E-state index >= 15 is 0 Å². The smallest absolute Gasteiger partial charge is 0.267 e. The Morgan fingerprint density at radius 3 is 2.80 bits per heavy atom. The molecule has 1 aliphatic heterocycles. The first-order valence-corrected chi connectivity index (χ1v) is 11.5. The van der Waals surface area contributed by atoms with E-state index < -0.39 is 0 Å². The molecule has 2 aromatic carbocycles. The van der Waals surface area contributed by atoms with Crippen LogP contribution >= 0.6 is 0 Å².